The van der Waals surface area contributed by atoms with Crippen LogP contribution in [0.3, 0.4) is 0 Å². The van der Waals surface area contributed by atoms with Gasteiger partial charge in [0.25, 0.3) is 0 Å². The molecule has 16 heterocycles. The summed E-state index contributed by atoms with van der Waals surface area (Å²) < 4.78 is 26.0. The molecule has 0 saturated carbocycles. The van der Waals surface area contributed by atoms with E-state index in [0.29, 0.717) is 112 Å². The van der Waals surface area contributed by atoms with Gasteiger partial charge in [-0.05, 0) is 142 Å². The molecule has 16 rings (SSSR count). The van der Waals surface area contributed by atoms with Gasteiger partial charge in [0, 0.05) is 164 Å². The maximum absolute atomic E-state index is 5.12. The third-order valence-corrected chi connectivity index (χ3v) is 27.6. The summed E-state index contributed by atoms with van der Waals surface area (Å²) in [5, 5.41) is 80.5. The van der Waals surface area contributed by atoms with Gasteiger partial charge >= 0.3 is 5.82 Å². The molecule has 0 fully saturated rings. The van der Waals surface area contributed by atoms with Crippen LogP contribution in [0.2, 0.25) is 0 Å². The minimum atomic E-state index is 0.339. The highest BCUT2D eigenvalue weighted by Crippen LogP contribution is 2.28. The summed E-state index contributed by atoms with van der Waals surface area (Å²) in [6.45, 7) is 88.1. The molecule has 0 radical (unpaired) electrons. The molecule has 0 spiro atoms. The van der Waals surface area contributed by atoms with Crippen molar-refractivity contribution in [1.29, 1.82) is 0 Å². The largest absolute Gasteiger partial charge is 0.428 e. The maximum atomic E-state index is 5.12. The molecule has 0 aliphatic carbocycles. The second-order valence-electron chi connectivity index (χ2n) is 37.5. The monoisotopic (exact) mass is 2110 g/mol. The van der Waals surface area contributed by atoms with E-state index in [1.807, 2.05) is 116 Å². The van der Waals surface area contributed by atoms with Crippen LogP contribution in [0.15, 0.2) is 80.6 Å². The Morgan fingerprint density at radius 3 is 1.27 bits per heavy atom. The fourth-order valence-electron chi connectivity index (χ4n) is 10.3. The van der Waals surface area contributed by atoms with Crippen molar-refractivity contribution in [1.82, 2.24) is 149 Å². The maximum Gasteiger partial charge on any atom is 0.310 e. The lowest BCUT2D eigenvalue weighted by Crippen LogP contribution is -2.33. The number of nitrogens with zero attached hydrogens (tertiary/aromatic N) is 28. The van der Waals surface area contributed by atoms with E-state index in [4.69, 9.17) is 8.83 Å². The Bertz CT molecular complexity index is 4920. The fourth-order valence-corrected chi connectivity index (χ4v) is 17.0. The standard InChI is InChI=1S/2C8H13NS.3C7H11NS.3C6H11N3.C6H10N2O.C6H10N2S.2C6H9NS.C5H10N4.C5H9N3.C5H8N2O.C5H8N2S/c1-5(2)8-6(3)9-10-7(8)4;1-5(2)8-9-6(3)7(4)10-8;1-5(2)7-4-8-9-6(7)3;1-5(2)7-8-6(3)4-9-7;1-5(2)7-8-4-6(3)9-7;1-5(2)6-8-7-4-9(6)3;1-5(2)6-7-4-9(3)8-6;1-4(2)6-7-5(3)8-9-6;2*1-4(2)6-8-7-5(3)9-6;1-5(2)6-3-7-8-4-6;1-5(2)6-7-3-4-8-6;1-4(2)5-6-8-9(3)7-5;1-4(2)5-6-3-7-8-5;2*1-4(2)5-7-6-3-8-5/h2*5H,1-4H3;5*4-5H,1-3H3;4H,1-3H3,(H,7,8,9);2*4H,1-3H3;2*3-5H,1-2H3;4H,1-3H3;3-4H,1-2H3,(H,6,7,8);2*3-4H,1-2H3/p+1. The van der Waals surface area contributed by atoms with Crippen LogP contribution in [0.1, 0.15) is 457 Å². The molecular formula is C99H166N31O2S9+. The van der Waals surface area contributed by atoms with Crippen LogP contribution < -0.4 is 4.80 Å². The second kappa shape index (κ2) is 70.2. The lowest BCUT2D eigenvalue weighted by molar-refractivity contribution is -0.784. The average Bonchev–Trinajstić information content (AvgIpc) is 1.72. The zero-order chi connectivity index (χ0) is 107. The number of hydrogen-bond donors (Lipinski definition) is 3. The van der Waals surface area contributed by atoms with Crippen LogP contribution in [0.5, 0.6) is 0 Å². The summed E-state index contributed by atoms with van der Waals surface area (Å²) in [6.07, 6.45) is 14.0. The Labute approximate surface area is 877 Å². The first-order chi connectivity index (χ1) is 66.1. The molecule has 0 unspecified atom stereocenters. The minimum absolute atomic E-state index is 0.339. The summed E-state index contributed by atoms with van der Waals surface area (Å²) in [5.41, 5.74) is 9.46. The quantitative estimate of drug-likeness (QED) is 0.0756. The van der Waals surface area contributed by atoms with E-state index in [2.05, 4.69) is 386 Å². The lowest BCUT2D eigenvalue weighted by atomic mass is 10.0. The van der Waals surface area contributed by atoms with Gasteiger partial charge in [0.05, 0.1) is 36.5 Å². The number of aromatic amines is 3. The molecule has 0 aliphatic rings. The van der Waals surface area contributed by atoms with Crippen molar-refractivity contribution >= 4 is 103 Å². The summed E-state index contributed by atoms with van der Waals surface area (Å²) >= 11 is 15.1. The first-order valence-corrected chi connectivity index (χ1v) is 55.3. The number of hydrogen-bond acceptors (Lipinski definition) is 36. The Morgan fingerprint density at radius 2 is 1.04 bits per heavy atom. The number of H-pyrrole nitrogens is 3. The number of aromatic nitrogens is 31. The summed E-state index contributed by atoms with van der Waals surface area (Å²) in [4.78, 5) is 36.3. The van der Waals surface area contributed by atoms with Crippen molar-refractivity contribution in [3.8, 4) is 0 Å². The first-order valence-electron chi connectivity index (χ1n) is 47.8. The SMILES string of the molecule is CC(C)c1cnsc1.CC(C)c1n[nH][n+](C)n1.CC(C)c1nccs1.CC(C)c1ncn(C)n1.CC(C)c1ncn[nH]1.CC(C)c1nncn1C.CC(C)c1nnco1.CC(C)c1nncs1.Cc1cnc(C(C)C)s1.Cc1csc(C(C)C)n1.Cc1nc(C(C)C)n[nH]1.Cc1nc(C(C)C)sc1C.Cc1nnc(C(C)C)o1.Cc1nnc(C(C)C)s1.Cc1nsc(C)c1C(C)C.Cc1sncc1C(C)C. The minimum Gasteiger partial charge on any atom is -0.428 e. The lowest BCUT2D eigenvalue weighted by Gasteiger charge is -2.03. The van der Waals surface area contributed by atoms with Crippen LogP contribution in [-0.2, 0) is 21.1 Å². The summed E-state index contributed by atoms with van der Waals surface area (Å²) in [5.74, 6) is 15.8. The molecule has 0 aromatic carbocycles. The molecule has 42 heteroatoms. The molecule has 33 nitrogen and oxygen atoms in total. The van der Waals surface area contributed by atoms with Crippen LogP contribution in [0, 0.1) is 69.2 Å². The van der Waals surface area contributed by atoms with Crippen LogP contribution in [0.25, 0.3) is 0 Å². The predicted molar refractivity (Wildman–Crippen MR) is 588 cm³/mol. The first kappa shape index (κ1) is 129. The Kier molecular flexibility index (Phi) is 64.5. The highest BCUT2D eigenvalue weighted by atomic mass is 32.1. The molecule has 0 aliphatic heterocycles. The number of rotatable bonds is 16. The number of nitrogens with one attached hydrogen (secondary N) is 3. The molecule has 0 amide bonds. The van der Waals surface area contributed by atoms with E-state index >= 15 is 0 Å². The molecule has 141 heavy (non-hydrogen) atoms. The highest BCUT2D eigenvalue weighted by Gasteiger charge is 2.15. The van der Waals surface area contributed by atoms with Crippen molar-refractivity contribution in [3.05, 3.63) is 213 Å². The van der Waals surface area contributed by atoms with Gasteiger partial charge in [-0.25, -0.2) is 43.6 Å². The molecule has 0 saturated heterocycles. The van der Waals surface area contributed by atoms with Crippen molar-refractivity contribution in [3.63, 3.8) is 0 Å². The van der Waals surface area contributed by atoms with E-state index in [-0.39, 0.29) is 0 Å². The third kappa shape index (κ3) is 55.2. The van der Waals surface area contributed by atoms with E-state index in [0.717, 1.165) is 55.7 Å². The second-order valence-corrected chi connectivity index (χ2v) is 46.5. The van der Waals surface area contributed by atoms with Crippen LogP contribution in [-0.4, -0.2) is 149 Å². The Balaban J connectivity index is 0.000000752. The van der Waals surface area contributed by atoms with E-state index < -0.39 is 0 Å². The Hall–Kier alpha value is -9.56. The topological polar surface area (TPSA) is 410 Å². The normalized spacial score (nSPS) is 10.6. The van der Waals surface area contributed by atoms with Gasteiger partial charge in [-0.3, -0.25) is 14.9 Å². The summed E-state index contributed by atoms with van der Waals surface area (Å²) in [6, 6.07) is 0. The molecule has 0 bridgehead atoms. The van der Waals surface area contributed by atoms with Crippen molar-refractivity contribution < 1.29 is 13.6 Å². The van der Waals surface area contributed by atoms with Gasteiger partial charge in [0.15, 0.2) is 11.6 Å². The van der Waals surface area contributed by atoms with E-state index in [9.17, 15) is 0 Å². The van der Waals surface area contributed by atoms with Crippen molar-refractivity contribution in [2.45, 2.75) is 385 Å². The van der Waals surface area contributed by atoms with Crippen LogP contribution >= 0.6 is 103 Å². The molecule has 3 N–H and O–H groups in total. The number of tetrazole rings is 1. The van der Waals surface area contributed by atoms with Gasteiger partial charge in [-0.2, -0.15) is 19.7 Å². The average molecular weight is 2110 g/mol. The fraction of sp³-hybridized carbons (Fsp3) is 0.616. The number of aryl methyl sites for hydroxylation is 13. The van der Waals surface area contributed by atoms with Gasteiger partial charge in [0.1, 0.15) is 64.0 Å². The van der Waals surface area contributed by atoms with Crippen molar-refractivity contribution in [2.75, 3.05) is 0 Å². The van der Waals surface area contributed by atoms with Crippen molar-refractivity contribution in [2.24, 2.45) is 21.1 Å². The van der Waals surface area contributed by atoms with Gasteiger partial charge in [-0.1, -0.05) is 226 Å². The highest BCUT2D eigenvalue weighted by molar-refractivity contribution is 7.12. The zero-order valence-corrected chi connectivity index (χ0v) is 100. The molecule has 782 valence electrons. The van der Waals surface area contributed by atoms with E-state index in [1.165, 1.54) is 91.9 Å². The molecular weight excluding hydrogens is 1940 g/mol. The zero-order valence-electron chi connectivity index (χ0n) is 92.7. The smallest absolute Gasteiger partial charge is 0.310 e. The molecule has 0 atom stereocenters. The van der Waals surface area contributed by atoms with Crippen LogP contribution in [0.4, 0.5) is 0 Å². The molecule has 16 aromatic heterocycles. The predicted octanol–water partition coefficient (Wildman–Crippen LogP) is 28.1. The molecule has 16 aromatic rings. The number of thiazole rings is 4. The van der Waals surface area contributed by atoms with Gasteiger partial charge in [-0.15, -0.1) is 119 Å². The van der Waals surface area contributed by atoms with Gasteiger partial charge < -0.3 is 13.4 Å². The summed E-state index contributed by atoms with van der Waals surface area (Å²) in [7, 11) is 5.65. The van der Waals surface area contributed by atoms with E-state index in [1.54, 1.807) is 114 Å². The van der Waals surface area contributed by atoms with Gasteiger partial charge in [0.2, 0.25) is 24.1 Å². The third-order valence-electron chi connectivity index (χ3n) is 18.3. The Morgan fingerprint density at radius 1 is 0.418 bits per heavy atom.